The lowest BCUT2D eigenvalue weighted by molar-refractivity contribution is 0.595. The lowest BCUT2D eigenvalue weighted by atomic mass is 9.76. The van der Waals surface area contributed by atoms with E-state index in [1.165, 1.54) is 60.8 Å². The average Bonchev–Trinajstić information content (AvgIpc) is 3.72. The Hall–Kier alpha value is -7.68. The van der Waals surface area contributed by atoms with Gasteiger partial charge in [0.05, 0.1) is 5.69 Å². The van der Waals surface area contributed by atoms with Gasteiger partial charge in [0, 0.05) is 27.6 Å². The number of rotatable bonds is 8. The molecular formula is C59H43NO. The normalized spacial score (nSPS) is 15.0. The summed E-state index contributed by atoms with van der Waals surface area (Å²) in [5.74, 6) is 0. The van der Waals surface area contributed by atoms with Gasteiger partial charge in [-0.3, -0.25) is 0 Å². The molecule has 2 heteroatoms. The number of hydrogen-bond acceptors (Lipinski definition) is 2. The molecule has 0 saturated carbocycles. The summed E-state index contributed by atoms with van der Waals surface area (Å²) < 4.78 is 6.64. The molecule has 1 aliphatic rings. The summed E-state index contributed by atoms with van der Waals surface area (Å²) in [5.41, 5.74) is 15.8. The second-order valence-corrected chi connectivity index (χ2v) is 16.4. The molecule has 61 heavy (non-hydrogen) atoms. The van der Waals surface area contributed by atoms with E-state index in [1.54, 1.807) is 0 Å². The van der Waals surface area contributed by atoms with Gasteiger partial charge >= 0.3 is 0 Å². The lowest BCUT2D eigenvalue weighted by Gasteiger charge is -2.33. The lowest BCUT2D eigenvalue weighted by Crippen LogP contribution is -2.24. The van der Waals surface area contributed by atoms with Gasteiger partial charge in [0.2, 0.25) is 0 Å². The van der Waals surface area contributed by atoms with E-state index < -0.39 is 0 Å². The van der Waals surface area contributed by atoms with Crippen LogP contribution >= 0.6 is 0 Å². The number of nitrogens with zero attached hydrogens (tertiary/aromatic N) is 1. The number of fused-ring (bicyclic) bond motifs is 4. The van der Waals surface area contributed by atoms with Crippen molar-refractivity contribution in [3.05, 3.63) is 242 Å². The molecule has 1 unspecified atom stereocenters. The second-order valence-electron chi connectivity index (χ2n) is 16.4. The SMILES string of the molecule is CC1(c2ccc(-c3cccc(-c4ccc5ccccc5c4)c3)cc2)C=CC(N(c2ccc(-c3cccc(-c4ccccc4)c3)cc2)c2cccc3c2oc2ccccc23)=CC1. The predicted molar refractivity (Wildman–Crippen MR) is 257 cm³/mol. The molecule has 0 radical (unpaired) electrons. The largest absolute Gasteiger partial charge is 0.454 e. The van der Waals surface area contributed by atoms with E-state index in [1.807, 2.05) is 6.07 Å². The van der Waals surface area contributed by atoms with E-state index in [2.05, 4.69) is 236 Å². The first-order valence-corrected chi connectivity index (χ1v) is 21.1. The van der Waals surface area contributed by atoms with Crippen molar-refractivity contribution in [1.29, 1.82) is 0 Å². The van der Waals surface area contributed by atoms with Crippen LogP contribution in [0.1, 0.15) is 18.9 Å². The van der Waals surface area contributed by atoms with E-state index in [0.717, 1.165) is 45.4 Å². The summed E-state index contributed by atoms with van der Waals surface area (Å²) in [6, 6.07) is 76.5. The summed E-state index contributed by atoms with van der Waals surface area (Å²) in [6.07, 6.45) is 7.92. The van der Waals surface area contributed by atoms with Crippen molar-refractivity contribution >= 4 is 44.1 Å². The van der Waals surface area contributed by atoms with Crippen LogP contribution in [0, 0.1) is 0 Å². The first-order valence-electron chi connectivity index (χ1n) is 21.1. The molecule has 2 nitrogen and oxygen atoms in total. The number of para-hydroxylation sites is 2. The molecule has 9 aromatic carbocycles. The summed E-state index contributed by atoms with van der Waals surface area (Å²) in [6.45, 7) is 2.34. The highest BCUT2D eigenvalue weighted by Gasteiger charge is 2.28. The van der Waals surface area contributed by atoms with Crippen molar-refractivity contribution in [1.82, 2.24) is 0 Å². The van der Waals surface area contributed by atoms with Crippen LogP contribution in [0.15, 0.2) is 241 Å². The highest BCUT2D eigenvalue weighted by molar-refractivity contribution is 6.10. The van der Waals surface area contributed by atoms with Crippen LogP contribution in [-0.2, 0) is 5.41 Å². The molecular weight excluding hydrogens is 739 g/mol. The van der Waals surface area contributed by atoms with E-state index in [0.29, 0.717) is 0 Å². The third-order valence-electron chi connectivity index (χ3n) is 12.5. The van der Waals surface area contributed by atoms with Gasteiger partial charge in [-0.05, 0) is 116 Å². The maximum absolute atomic E-state index is 6.64. The van der Waals surface area contributed by atoms with Gasteiger partial charge in [0.15, 0.2) is 5.58 Å². The van der Waals surface area contributed by atoms with E-state index in [9.17, 15) is 0 Å². The minimum absolute atomic E-state index is 0.167. The van der Waals surface area contributed by atoms with Crippen LogP contribution in [0.25, 0.3) is 77.2 Å². The van der Waals surface area contributed by atoms with Crippen LogP contribution in [0.2, 0.25) is 0 Å². The van der Waals surface area contributed by atoms with Crippen molar-refractivity contribution in [3.63, 3.8) is 0 Å². The summed E-state index contributed by atoms with van der Waals surface area (Å²) in [5, 5.41) is 4.75. The number of allylic oxidation sites excluding steroid dienone is 3. The van der Waals surface area contributed by atoms with Gasteiger partial charge in [-0.2, -0.15) is 0 Å². The quantitative estimate of drug-likeness (QED) is 0.153. The minimum atomic E-state index is -0.167. The van der Waals surface area contributed by atoms with Crippen LogP contribution in [0.4, 0.5) is 11.4 Å². The van der Waals surface area contributed by atoms with Crippen LogP contribution in [0.5, 0.6) is 0 Å². The van der Waals surface area contributed by atoms with Crippen molar-refractivity contribution < 1.29 is 4.42 Å². The predicted octanol–water partition coefficient (Wildman–Crippen LogP) is 16.3. The van der Waals surface area contributed by atoms with Crippen molar-refractivity contribution in [2.24, 2.45) is 0 Å². The standard InChI is InChI=1S/C59H43NO/c1-59(51-30-26-43(27-31-51)48-18-10-19-49(39-48)50-25-24-42-14-5-6-15-45(42)40-50)36-34-53(35-37-59)60(56-22-11-21-55-54-20-7-8-23-57(54)61-58(55)56)52-32-28-44(29-33-52)47-17-9-16-46(38-47)41-12-3-2-4-13-41/h2-36,38-40H,37H2,1H3. The molecule has 0 aliphatic heterocycles. The molecule has 0 amide bonds. The van der Waals surface area contributed by atoms with Crippen molar-refractivity contribution in [2.75, 3.05) is 4.90 Å². The topological polar surface area (TPSA) is 16.4 Å². The molecule has 290 valence electrons. The van der Waals surface area contributed by atoms with Crippen LogP contribution in [0.3, 0.4) is 0 Å². The molecule has 1 atom stereocenters. The summed E-state index contributed by atoms with van der Waals surface area (Å²) in [4.78, 5) is 2.36. The van der Waals surface area contributed by atoms with Crippen LogP contribution in [-0.4, -0.2) is 0 Å². The molecule has 11 rings (SSSR count). The highest BCUT2D eigenvalue weighted by Crippen LogP contribution is 2.43. The molecule has 0 fully saturated rings. The third kappa shape index (κ3) is 6.83. The summed E-state index contributed by atoms with van der Waals surface area (Å²) >= 11 is 0. The van der Waals surface area contributed by atoms with Gasteiger partial charge in [-0.15, -0.1) is 0 Å². The second kappa shape index (κ2) is 15.2. The Balaban J connectivity index is 0.908. The monoisotopic (exact) mass is 781 g/mol. The average molecular weight is 782 g/mol. The molecule has 1 heterocycles. The van der Waals surface area contributed by atoms with Crippen LogP contribution < -0.4 is 4.90 Å². The summed E-state index contributed by atoms with van der Waals surface area (Å²) in [7, 11) is 0. The van der Waals surface area contributed by atoms with Gasteiger partial charge in [-0.1, -0.05) is 189 Å². The molecule has 0 saturated heterocycles. The zero-order valence-corrected chi connectivity index (χ0v) is 34.0. The molecule has 0 bridgehead atoms. The fourth-order valence-electron chi connectivity index (χ4n) is 9.04. The Morgan fingerprint density at radius 2 is 0.984 bits per heavy atom. The Labute approximate surface area is 357 Å². The highest BCUT2D eigenvalue weighted by atomic mass is 16.3. The molecule has 1 aromatic heterocycles. The maximum Gasteiger partial charge on any atom is 0.159 e. The van der Waals surface area contributed by atoms with Gasteiger partial charge in [0.25, 0.3) is 0 Å². The minimum Gasteiger partial charge on any atom is -0.454 e. The fourth-order valence-corrected chi connectivity index (χ4v) is 9.04. The maximum atomic E-state index is 6.64. The Bertz CT molecular complexity index is 3280. The number of benzene rings is 9. The van der Waals surface area contributed by atoms with E-state index in [4.69, 9.17) is 4.42 Å². The first-order chi connectivity index (χ1) is 30.1. The Morgan fingerprint density at radius 1 is 0.443 bits per heavy atom. The molecule has 0 N–H and O–H groups in total. The zero-order valence-electron chi connectivity index (χ0n) is 34.0. The molecule has 0 spiro atoms. The third-order valence-corrected chi connectivity index (χ3v) is 12.5. The zero-order chi connectivity index (χ0) is 40.8. The van der Waals surface area contributed by atoms with Gasteiger partial charge in [-0.25, -0.2) is 0 Å². The van der Waals surface area contributed by atoms with Gasteiger partial charge in [0.1, 0.15) is 5.58 Å². The number of anilines is 2. The van der Waals surface area contributed by atoms with Gasteiger partial charge < -0.3 is 9.32 Å². The fraction of sp³-hybridized carbons (Fsp3) is 0.0508. The molecule has 1 aliphatic carbocycles. The first kappa shape index (κ1) is 36.4. The smallest absolute Gasteiger partial charge is 0.159 e. The van der Waals surface area contributed by atoms with E-state index >= 15 is 0 Å². The number of hydrogen-bond donors (Lipinski definition) is 0. The van der Waals surface area contributed by atoms with Crippen molar-refractivity contribution in [3.8, 4) is 44.5 Å². The molecule has 10 aromatic rings. The Kier molecular flexibility index (Phi) is 9.05. The number of furan rings is 1. The Morgan fingerprint density at radius 3 is 1.69 bits per heavy atom. The van der Waals surface area contributed by atoms with E-state index in [-0.39, 0.29) is 5.41 Å². The van der Waals surface area contributed by atoms with Crippen molar-refractivity contribution in [2.45, 2.75) is 18.8 Å².